The molecule has 1 aromatic heterocycles. The molecule has 1 aliphatic rings. The molecule has 114 valence electrons. The second-order valence-corrected chi connectivity index (χ2v) is 5.22. The molecule has 5 nitrogen and oxygen atoms in total. The molecular weight excluding hydrogens is 365 g/mol. The minimum atomic E-state index is 0. The number of nitrogens with two attached hydrogens (primary N) is 1. The molecule has 0 radical (unpaired) electrons. The van der Waals surface area contributed by atoms with Crippen molar-refractivity contribution in [3.05, 3.63) is 18.5 Å². The first-order valence-corrected chi connectivity index (χ1v) is 7.38. The summed E-state index contributed by atoms with van der Waals surface area (Å²) in [7, 11) is 0. The SMILES string of the molecule is I.NC(=NCCCn1cccn1)NC1CCCCCC1. The van der Waals surface area contributed by atoms with Gasteiger partial charge in [0, 0.05) is 31.5 Å². The first-order chi connectivity index (χ1) is 9.34. The molecule has 1 aliphatic carbocycles. The van der Waals surface area contributed by atoms with Crippen molar-refractivity contribution in [2.45, 2.75) is 57.5 Å². The van der Waals surface area contributed by atoms with Crippen molar-refractivity contribution in [1.29, 1.82) is 0 Å². The highest BCUT2D eigenvalue weighted by Gasteiger charge is 2.11. The molecule has 6 heteroatoms. The molecule has 1 aromatic rings. The minimum absolute atomic E-state index is 0. The Bertz CT molecular complexity index is 369. The van der Waals surface area contributed by atoms with E-state index in [9.17, 15) is 0 Å². The molecule has 0 aromatic carbocycles. The van der Waals surface area contributed by atoms with Gasteiger partial charge in [-0.05, 0) is 25.3 Å². The van der Waals surface area contributed by atoms with Gasteiger partial charge in [-0.25, -0.2) is 0 Å². The van der Waals surface area contributed by atoms with Crippen LogP contribution in [0, 0.1) is 0 Å². The van der Waals surface area contributed by atoms with Gasteiger partial charge in [-0.3, -0.25) is 9.67 Å². The average molecular weight is 391 g/mol. The van der Waals surface area contributed by atoms with Crippen LogP contribution in [0.1, 0.15) is 44.9 Å². The minimum Gasteiger partial charge on any atom is -0.370 e. The predicted molar refractivity (Wildman–Crippen MR) is 93.4 cm³/mol. The second kappa shape index (κ2) is 10.0. The Labute approximate surface area is 138 Å². The molecule has 20 heavy (non-hydrogen) atoms. The number of hydrogen-bond acceptors (Lipinski definition) is 2. The van der Waals surface area contributed by atoms with Crippen molar-refractivity contribution < 1.29 is 0 Å². The lowest BCUT2D eigenvalue weighted by atomic mass is 10.1. The number of aliphatic imine (C=N–C) groups is 1. The summed E-state index contributed by atoms with van der Waals surface area (Å²) in [4.78, 5) is 4.39. The summed E-state index contributed by atoms with van der Waals surface area (Å²) in [5.41, 5.74) is 5.93. The van der Waals surface area contributed by atoms with Crippen molar-refractivity contribution in [3.63, 3.8) is 0 Å². The Morgan fingerprint density at radius 2 is 2.05 bits per heavy atom. The van der Waals surface area contributed by atoms with Crippen LogP contribution in [0.3, 0.4) is 0 Å². The number of aromatic nitrogens is 2. The largest absolute Gasteiger partial charge is 0.370 e. The molecule has 0 aliphatic heterocycles. The molecule has 0 saturated heterocycles. The summed E-state index contributed by atoms with van der Waals surface area (Å²) in [6.45, 7) is 1.65. The topological polar surface area (TPSA) is 68.2 Å². The van der Waals surface area contributed by atoms with Crippen LogP contribution < -0.4 is 11.1 Å². The molecule has 3 N–H and O–H groups in total. The van der Waals surface area contributed by atoms with Crippen LogP contribution in [0.5, 0.6) is 0 Å². The van der Waals surface area contributed by atoms with Gasteiger partial charge < -0.3 is 11.1 Å². The smallest absolute Gasteiger partial charge is 0.188 e. The number of halogens is 1. The van der Waals surface area contributed by atoms with Crippen LogP contribution in [-0.4, -0.2) is 28.3 Å². The normalized spacial score (nSPS) is 17.3. The van der Waals surface area contributed by atoms with Gasteiger partial charge in [0.2, 0.25) is 0 Å². The van der Waals surface area contributed by atoms with Gasteiger partial charge >= 0.3 is 0 Å². The highest BCUT2D eigenvalue weighted by atomic mass is 127. The van der Waals surface area contributed by atoms with Crippen molar-refractivity contribution >= 4 is 29.9 Å². The Morgan fingerprint density at radius 3 is 2.70 bits per heavy atom. The summed E-state index contributed by atoms with van der Waals surface area (Å²) in [5.74, 6) is 0.604. The van der Waals surface area contributed by atoms with Gasteiger partial charge in [0.1, 0.15) is 0 Å². The number of guanidine groups is 1. The van der Waals surface area contributed by atoms with E-state index in [2.05, 4.69) is 15.4 Å². The van der Waals surface area contributed by atoms with Gasteiger partial charge in [0.15, 0.2) is 5.96 Å². The first-order valence-electron chi connectivity index (χ1n) is 7.38. The monoisotopic (exact) mass is 391 g/mol. The van der Waals surface area contributed by atoms with E-state index >= 15 is 0 Å². The van der Waals surface area contributed by atoms with Gasteiger partial charge in [-0.15, -0.1) is 24.0 Å². The molecule has 0 bridgehead atoms. The Morgan fingerprint density at radius 1 is 1.30 bits per heavy atom. The number of hydrogen-bond donors (Lipinski definition) is 2. The lowest BCUT2D eigenvalue weighted by molar-refractivity contribution is 0.528. The zero-order valence-corrected chi connectivity index (χ0v) is 14.3. The van der Waals surface area contributed by atoms with Crippen molar-refractivity contribution in [2.75, 3.05) is 6.54 Å². The predicted octanol–water partition coefficient (Wildman–Crippen LogP) is 2.52. The van der Waals surface area contributed by atoms with Gasteiger partial charge in [0.05, 0.1) is 0 Å². The van der Waals surface area contributed by atoms with Crippen LogP contribution >= 0.6 is 24.0 Å². The molecule has 0 amide bonds. The maximum absolute atomic E-state index is 5.93. The van der Waals surface area contributed by atoms with Crippen molar-refractivity contribution in [2.24, 2.45) is 10.7 Å². The van der Waals surface area contributed by atoms with E-state index in [0.29, 0.717) is 12.0 Å². The fourth-order valence-electron chi connectivity index (χ4n) is 2.54. The number of rotatable bonds is 5. The summed E-state index contributed by atoms with van der Waals surface area (Å²) in [6.07, 6.45) is 12.5. The van der Waals surface area contributed by atoms with Crippen LogP contribution in [0.25, 0.3) is 0 Å². The summed E-state index contributed by atoms with van der Waals surface area (Å²) < 4.78 is 1.92. The summed E-state index contributed by atoms with van der Waals surface area (Å²) >= 11 is 0. The molecular formula is C14H26IN5. The van der Waals surface area contributed by atoms with Crippen LogP contribution in [0.15, 0.2) is 23.5 Å². The highest BCUT2D eigenvalue weighted by molar-refractivity contribution is 14.0. The molecule has 1 heterocycles. The van der Waals surface area contributed by atoms with Crippen LogP contribution in [-0.2, 0) is 6.54 Å². The Kier molecular flexibility index (Phi) is 8.64. The second-order valence-electron chi connectivity index (χ2n) is 5.22. The third kappa shape index (κ3) is 6.58. The lowest BCUT2D eigenvalue weighted by Gasteiger charge is -2.16. The highest BCUT2D eigenvalue weighted by Crippen LogP contribution is 2.16. The maximum Gasteiger partial charge on any atom is 0.188 e. The van der Waals surface area contributed by atoms with E-state index in [4.69, 9.17) is 5.73 Å². The zero-order chi connectivity index (χ0) is 13.3. The van der Waals surface area contributed by atoms with E-state index in [1.807, 2.05) is 16.9 Å². The van der Waals surface area contributed by atoms with Gasteiger partial charge in [-0.1, -0.05) is 25.7 Å². The van der Waals surface area contributed by atoms with E-state index in [1.54, 1.807) is 6.20 Å². The van der Waals surface area contributed by atoms with E-state index in [-0.39, 0.29) is 24.0 Å². The maximum atomic E-state index is 5.93. The van der Waals surface area contributed by atoms with Gasteiger partial charge in [0.25, 0.3) is 0 Å². The molecule has 1 fully saturated rings. The quantitative estimate of drug-likeness (QED) is 0.267. The van der Waals surface area contributed by atoms with E-state index < -0.39 is 0 Å². The summed E-state index contributed by atoms with van der Waals surface area (Å²) in [6, 6.07) is 2.46. The Balaban J connectivity index is 0.00000200. The lowest BCUT2D eigenvalue weighted by Crippen LogP contribution is -2.39. The third-order valence-electron chi connectivity index (χ3n) is 3.59. The molecule has 0 spiro atoms. The van der Waals surface area contributed by atoms with Crippen LogP contribution in [0.4, 0.5) is 0 Å². The number of nitrogens with zero attached hydrogens (tertiary/aromatic N) is 3. The van der Waals surface area contributed by atoms with Crippen molar-refractivity contribution in [3.8, 4) is 0 Å². The number of aryl methyl sites for hydroxylation is 1. The fourth-order valence-corrected chi connectivity index (χ4v) is 2.54. The molecule has 0 atom stereocenters. The molecule has 2 rings (SSSR count). The molecule has 0 unspecified atom stereocenters. The van der Waals surface area contributed by atoms with E-state index in [0.717, 1.165) is 19.5 Å². The van der Waals surface area contributed by atoms with Crippen molar-refractivity contribution in [1.82, 2.24) is 15.1 Å². The third-order valence-corrected chi connectivity index (χ3v) is 3.59. The fraction of sp³-hybridized carbons (Fsp3) is 0.714. The Hall–Kier alpha value is -0.790. The first kappa shape index (κ1) is 17.3. The average Bonchev–Trinajstić information content (AvgIpc) is 2.79. The molecule has 1 saturated carbocycles. The number of nitrogens with one attached hydrogen (secondary N) is 1. The van der Waals surface area contributed by atoms with E-state index in [1.165, 1.54) is 38.5 Å². The van der Waals surface area contributed by atoms with Crippen LogP contribution in [0.2, 0.25) is 0 Å². The summed E-state index contributed by atoms with van der Waals surface area (Å²) in [5, 5.41) is 7.52. The zero-order valence-electron chi connectivity index (χ0n) is 12.0. The van der Waals surface area contributed by atoms with Gasteiger partial charge in [-0.2, -0.15) is 5.10 Å². The standard InChI is InChI=1S/C14H25N5.HI/c15-14(18-13-7-3-1-2-4-8-13)16-9-5-11-19-12-6-10-17-19;/h6,10,12-13H,1-5,7-9,11H2,(H3,15,16,18);1H.